The highest BCUT2D eigenvalue weighted by molar-refractivity contribution is 7.17. The van der Waals surface area contributed by atoms with Gasteiger partial charge in [0.25, 0.3) is 0 Å². The molecule has 0 fully saturated rings. The Morgan fingerprint density at radius 3 is 2.81 bits per heavy atom. The maximum Gasteiger partial charge on any atom is 0.348 e. The van der Waals surface area contributed by atoms with Gasteiger partial charge in [-0.1, -0.05) is 0 Å². The summed E-state index contributed by atoms with van der Waals surface area (Å²) in [5, 5.41) is 4.53. The summed E-state index contributed by atoms with van der Waals surface area (Å²) < 4.78 is 6.57. The topological polar surface area (TPSA) is 57.0 Å². The van der Waals surface area contributed by atoms with Gasteiger partial charge in [0.15, 0.2) is 0 Å². The van der Waals surface area contributed by atoms with E-state index < -0.39 is 0 Å². The number of methoxy groups -OCH3 is 1. The number of ether oxygens (including phenoxy) is 1. The zero-order chi connectivity index (χ0) is 14.7. The molecule has 3 rings (SSSR count). The van der Waals surface area contributed by atoms with Gasteiger partial charge in [0.05, 0.1) is 18.5 Å². The van der Waals surface area contributed by atoms with Crippen LogP contribution in [0.15, 0.2) is 48.9 Å². The molecule has 0 saturated carbocycles. The molecule has 3 aromatic rings. The van der Waals surface area contributed by atoms with Gasteiger partial charge in [-0.05, 0) is 35.9 Å². The van der Waals surface area contributed by atoms with Crippen LogP contribution in [0.25, 0.3) is 10.6 Å². The number of nitrogens with zero attached hydrogens (tertiary/aromatic N) is 3. The average Bonchev–Trinajstić information content (AvgIpc) is 3.16. The average molecular weight is 299 g/mol. The number of esters is 1. The Labute approximate surface area is 125 Å². The minimum Gasteiger partial charge on any atom is -0.465 e. The van der Waals surface area contributed by atoms with Crippen molar-refractivity contribution in [3.8, 4) is 10.6 Å². The minimum absolute atomic E-state index is 0.317. The van der Waals surface area contributed by atoms with Crippen LogP contribution in [0.1, 0.15) is 15.2 Å². The zero-order valence-electron chi connectivity index (χ0n) is 11.4. The number of aromatic nitrogens is 3. The summed E-state index contributed by atoms with van der Waals surface area (Å²) in [7, 11) is 1.38. The predicted octanol–water partition coefficient (Wildman–Crippen LogP) is 2.84. The van der Waals surface area contributed by atoms with E-state index in [1.807, 2.05) is 35.1 Å². The molecular weight excluding hydrogens is 286 g/mol. The van der Waals surface area contributed by atoms with Gasteiger partial charge in [-0.15, -0.1) is 11.3 Å². The van der Waals surface area contributed by atoms with Gasteiger partial charge in [0, 0.05) is 18.6 Å². The predicted molar refractivity (Wildman–Crippen MR) is 80.2 cm³/mol. The van der Waals surface area contributed by atoms with E-state index in [0.29, 0.717) is 11.4 Å². The van der Waals surface area contributed by atoms with Gasteiger partial charge < -0.3 is 4.74 Å². The van der Waals surface area contributed by atoms with Crippen molar-refractivity contribution in [3.63, 3.8) is 0 Å². The standard InChI is InChI=1S/C15H13N3O2S/c1-20-15(19)14-3-2-13(21-14)12-6-9-18(17-12)10-11-4-7-16-8-5-11/h2-9H,10H2,1H3. The first-order valence-electron chi connectivity index (χ1n) is 6.37. The third kappa shape index (κ3) is 3.00. The zero-order valence-corrected chi connectivity index (χ0v) is 12.2. The molecule has 0 N–H and O–H groups in total. The molecular formula is C15H13N3O2S. The van der Waals surface area contributed by atoms with Crippen LogP contribution in [0.2, 0.25) is 0 Å². The van der Waals surface area contributed by atoms with Crippen molar-refractivity contribution in [2.24, 2.45) is 0 Å². The molecule has 3 aromatic heterocycles. The van der Waals surface area contributed by atoms with Crippen molar-refractivity contribution in [2.75, 3.05) is 7.11 Å². The van der Waals surface area contributed by atoms with Crippen molar-refractivity contribution in [3.05, 3.63) is 59.4 Å². The number of rotatable bonds is 4. The summed E-state index contributed by atoms with van der Waals surface area (Å²) in [4.78, 5) is 17.0. The molecule has 106 valence electrons. The summed E-state index contributed by atoms with van der Waals surface area (Å²) in [6.07, 6.45) is 5.45. The number of carbonyl (C=O) groups is 1. The third-order valence-electron chi connectivity index (χ3n) is 2.98. The molecule has 0 bridgehead atoms. The Morgan fingerprint density at radius 2 is 2.05 bits per heavy atom. The summed E-state index contributed by atoms with van der Waals surface area (Å²) in [5.41, 5.74) is 1.99. The molecule has 0 radical (unpaired) electrons. The highest BCUT2D eigenvalue weighted by Crippen LogP contribution is 2.27. The van der Waals surface area contributed by atoms with Crippen LogP contribution in [0.5, 0.6) is 0 Å². The van der Waals surface area contributed by atoms with Gasteiger partial charge in [-0.25, -0.2) is 4.79 Å². The monoisotopic (exact) mass is 299 g/mol. The first-order chi connectivity index (χ1) is 10.3. The lowest BCUT2D eigenvalue weighted by atomic mass is 10.3. The van der Waals surface area contributed by atoms with Crippen LogP contribution in [0.4, 0.5) is 0 Å². The van der Waals surface area contributed by atoms with Crippen LogP contribution in [-0.2, 0) is 11.3 Å². The van der Waals surface area contributed by atoms with E-state index in [4.69, 9.17) is 4.74 Å². The number of hydrogen-bond acceptors (Lipinski definition) is 5. The van der Waals surface area contributed by atoms with E-state index in [2.05, 4.69) is 10.1 Å². The Bertz CT molecular complexity index is 749. The van der Waals surface area contributed by atoms with Crippen molar-refractivity contribution in [1.82, 2.24) is 14.8 Å². The van der Waals surface area contributed by atoms with E-state index in [0.717, 1.165) is 16.1 Å². The quantitative estimate of drug-likeness (QED) is 0.695. The van der Waals surface area contributed by atoms with E-state index in [-0.39, 0.29) is 5.97 Å². The molecule has 0 atom stereocenters. The number of pyridine rings is 1. The fraction of sp³-hybridized carbons (Fsp3) is 0.133. The SMILES string of the molecule is COC(=O)c1ccc(-c2ccn(Cc3ccncc3)n2)s1. The van der Waals surface area contributed by atoms with Gasteiger partial charge in [-0.2, -0.15) is 5.10 Å². The van der Waals surface area contributed by atoms with Gasteiger partial charge in [-0.3, -0.25) is 9.67 Å². The van der Waals surface area contributed by atoms with Crippen molar-refractivity contribution >= 4 is 17.3 Å². The summed E-state index contributed by atoms with van der Waals surface area (Å²) in [6.45, 7) is 0.692. The lowest BCUT2D eigenvalue weighted by Gasteiger charge is -2.00. The van der Waals surface area contributed by atoms with Crippen molar-refractivity contribution in [2.45, 2.75) is 6.54 Å². The molecule has 0 aromatic carbocycles. The van der Waals surface area contributed by atoms with Crippen LogP contribution in [-0.4, -0.2) is 27.8 Å². The van der Waals surface area contributed by atoms with Crippen LogP contribution >= 0.6 is 11.3 Å². The Hall–Kier alpha value is -2.47. The Morgan fingerprint density at radius 1 is 1.24 bits per heavy atom. The van der Waals surface area contributed by atoms with Crippen molar-refractivity contribution in [1.29, 1.82) is 0 Å². The second-order valence-corrected chi connectivity index (χ2v) is 5.49. The van der Waals surface area contributed by atoms with Gasteiger partial charge >= 0.3 is 5.97 Å². The van der Waals surface area contributed by atoms with Crippen LogP contribution < -0.4 is 0 Å². The third-order valence-corrected chi connectivity index (χ3v) is 4.07. The van der Waals surface area contributed by atoms with E-state index in [1.54, 1.807) is 18.5 Å². The molecule has 21 heavy (non-hydrogen) atoms. The first kappa shape index (κ1) is 13.5. The maximum absolute atomic E-state index is 11.5. The lowest BCUT2D eigenvalue weighted by molar-refractivity contribution is 0.0606. The molecule has 0 aliphatic carbocycles. The highest BCUT2D eigenvalue weighted by Gasteiger charge is 2.11. The maximum atomic E-state index is 11.5. The number of thiophene rings is 1. The van der Waals surface area contributed by atoms with E-state index in [9.17, 15) is 4.79 Å². The molecule has 0 aliphatic rings. The summed E-state index contributed by atoms with van der Waals surface area (Å²) >= 11 is 1.38. The van der Waals surface area contributed by atoms with Gasteiger partial charge in [0.2, 0.25) is 0 Å². The fourth-order valence-corrected chi connectivity index (χ4v) is 2.83. The molecule has 6 heteroatoms. The first-order valence-corrected chi connectivity index (χ1v) is 7.19. The smallest absolute Gasteiger partial charge is 0.348 e. The van der Waals surface area contributed by atoms with E-state index in [1.165, 1.54) is 18.4 Å². The van der Waals surface area contributed by atoms with Crippen LogP contribution in [0.3, 0.4) is 0 Å². The highest BCUT2D eigenvalue weighted by atomic mass is 32.1. The van der Waals surface area contributed by atoms with Gasteiger partial charge in [0.1, 0.15) is 10.6 Å². The largest absolute Gasteiger partial charge is 0.465 e. The lowest BCUT2D eigenvalue weighted by Crippen LogP contribution is -2.00. The number of hydrogen-bond donors (Lipinski definition) is 0. The Balaban J connectivity index is 1.78. The summed E-state index contributed by atoms with van der Waals surface area (Å²) in [5.74, 6) is -0.317. The van der Waals surface area contributed by atoms with E-state index >= 15 is 0 Å². The molecule has 0 saturated heterocycles. The number of carbonyl (C=O) groups excluding carboxylic acids is 1. The molecule has 5 nitrogen and oxygen atoms in total. The minimum atomic E-state index is -0.317. The molecule has 0 spiro atoms. The second kappa shape index (κ2) is 5.88. The molecule has 0 unspecified atom stereocenters. The molecule has 0 aliphatic heterocycles. The van der Waals surface area contributed by atoms with Crippen molar-refractivity contribution < 1.29 is 9.53 Å². The second-order valence-electron chi connectivity index (χ2n) is 4.41. The molecule has 0 amide bonds. The molecule has 3 heterocycles. The normalized spacial score (nSPS) is 10.5. The Kier molecular flexibility index (Phi) is 3.79. The summed E-state index contributed by atoms with van der Waals surface area (Å²) in [6, 6.07) is 9.50. The fourth-order valence-electron chi connectivity index (χ4n) is 1.94. The van der Waals surface area contributed by atoms with Crippen LogP contribution in [0, 0.1) is 0 Å².